The molecule has 1 saturated carbocycles. The molecule has 1 heterocycles. The van der Waals surface area contributed by atoms with Crippen molar-refractivity contribution in [1.82, 2.24) is 15.5 Å². The lowest BCUT2D eigenvalue weighted by Crippen LogP contribution is -2.48. The molecule has 1 aromatic rings. The molecule has 22 heavy (non-hydrogen) atoms. The first-order chi connectivity index (χ1) is 10.6. The van der Waals surface area contributed by atoms with Crippen molar-refractivity contribution in [3.8, 4) is 0 Å². The van der Waals surface area contributed by atoms with Crippen LogP contribution in [0.5, 0.6) is 0 Å². The van der Waals surface area contributed by atoms with Crippen LogP contribution in [0.15, 0.2) is 24.3 Å². The maximum absolute atomic E-state index is 13.2. The van der Waals surface area contributed by atoms with E-state index in [1.165, 1.54) is 12.1 Å². The van der Waals surface area contributed by atoms with Crippen molar-refractivity contribution in [3.63, 3.8) is 0 Å². The van der Waals surface area contributed by atoms with Crippen molar-refractivity contribution in [2.75, 3.05) is 33.3 Å². The van der Waals surface area contributed by atoms with Crippen molar-refractivity contribution >= 4 is 6.03 Å². The van der Waals surface area contributed by atoms with E-state index in [0.717, 1.165) is 25.1 Å². The van der Waals surface area contributed by atoms with Gasteiger partial charge in [-0.3, -0.25) is 0 Å². The summed E-state index contributed by atoms with van der Waals surface area (Å²) in [7, 11) is 2.05. The van der Waals surface area contributed by atoms with Gasteiger partial charge in [-0.05, 0) is 31.2 Å². The quantitative estimate of drug-likeness (QED) is 0.882. The van der Waals surface area contributed by atoms with Gasteiger partial charge in [-0.15, -0.1) is 0 Å². The van der Waals surface area contributed by atoms with Gasteiger partial charge in [0.15, 0.2) is 0 Å². The molecule has 5 nitrogen and oxygen atoms in total. The second-order valence-electron chi connectivity index (χ2n) is 6.11. The molecule has 2 amide bonds. The molecule has 2 aliphatic rings. The van der Waals surface area contributed by atoms with Crippen LogP contribution in [-0.2, 0) is 4.74 Å². The Morgan fingerprint density at radius 1 is 1.50 bits per heavy atom. The molecule has 0 aromatic heterocycles. The third kappa shape index (κ3) is 3.96. The summed E-state index contributed by atoms with van der Waals surface area (Å²) in [6.45, 7) is 2.97. The number of nitrogens with one attached hydrogen (secondary N) is 2. The highest BCUT2D eigenvalue weighted by Crippen LogP contribution is 2.40. The maximum atomic E-state index is 13.2. The predicted molar refractivity (Wildman–Crippen MR) is 81.3 cm³/mol. The van der Waals surface area contributed by atoms with E-state index in [0.29, 0.717) is 13.2 Å². The van der Waals surface area contributed by atoms with Crippen molar-refractivity contribution in [1.29, 1.82) is 0 Å². The Labute approximate surface area is 129 Å². The van der Waals surface area contributed by atoms with Crippen molar-refractivity contribution in [3.05, 3.63) is 35.6 Å². The molecule has 2 fully saturated rings. The van der Waals surface area contributed by atoms with Crippen molar-refractivity contribution in [2.24, 2.45) is 0 Å². The van der Waals surface area contributed by atoms with Gasteiger partial charge in [0.2, 0.25) is 0 Å². The van der Waals surface area contributed by atoms with E-state index in [1.54, 1.807) is 6.07 Å². The van der Waals surface area contributed by atoms with Crippen LogP contribution in [0.1, 0.15) is 17.9 Å². The van der Waals surface area contributed by atoms with E-state index in [4.69, 9.17) is 4.74 Å². The number of carbonyl (C=O) groups excluding carboxylic acids is 1. The molecule has 3 rings (SSSR count). The summed E-state index contributed by atoms with van der Waals surface area (Å²) >= 11 is 0. The number of urea groups is 1. The van der Waals surface area contributed by atoms with Crippen LogP contribution in [0.4, 0.5) is 9.18 Å². The lowest BCUT2D eigenvalue weighted by atomic mass is 10.1. The Balaban J connectivity index is 1.40. The lowest BCUT2D eigenvalue weighted by Gasteiger charge is -2.30. The molecule has 1 aliphatic heterocycles. The standard InChI is InChI=1S/C16H22FN3O2/c1-20-5-6-22-13(10-20)9-18-16(21)19-15-8-14(15)11-3-2-4-12(17)7-11/h2-4,7,13-15H,5-6,8-10H2,1H3,(H2,18,19,21). The first-order valence-corrected chi connectivity index (χ1v) is 7.72. The zero-order valence-electron chi connectivity index (χ0n) is 12.7. The molecule has 1 aromatic carbocycles. The van der Waals surface area contributed by atoms with Gasteiger partial charge < -0.3 is 20.3 Å². The molecule has 1 aliphatic carbocycles. The molecule has 2 N–H and O–H groups in total. The summed E-state index contributed by atoms with van der Waals surface area (Å²) in [5.74, 6) is -0.00955. The fourth-order valence-corrected chi connectivity index (χ4v) is 2.88. The minimum absolute atomic E-state index is 0.0442. The molecular formula is C16H22FN3O2. The van der Waals surface area contributed by atoms with Gasteiger partial charge in [-0.2, -0.15) is 0 Å². The molecule has 6 heteroatoms. The number of ether oxygens (including phenoxy) is 1. The van der Waals surface area contributed by atoms with Gasteiger partial charge in [0.1, 0.15) is 5.82 Å². The predicted octanol–water partition coefficient (Wildman–Crippen LogP) is 1.31. The first-order valence-electron chi connectivity index (χ1n) is 7.72. The third-order valence-electron chi connectivity index (χ3n) is 4.22. The van der Waals surface area contributed by atoms with Crippen LogP contribution >= 0.6 is 0 Å². The number of amides is 2. The summed E-state index contributed by atoms with van der Waals surface area (Å²) in [6, 6.07) is 6.49. The van der Waals surface area contributed by atoms with Gasteiger partial charge in [0, 0.05) is 31.6 Å². The molecule has 0 spiro atoms. The number of likely N-dealkylation sites (N-methyl/N-ethyl adjacent to an activating group) is 1. The maximum Gasteiger partial charge on any atom is 0.315 e. The van der Waals surface area contributed by atoms with Crippen LogP contribution in [-0.4, -0.2) is 56.4 Å². The molecule has 0 radical (unpaired) electrons. The van der Waals surface area contributed by atoms with Crippen LogP contribution in [0, 0.1) is 5.82 Å². The van der Waals surface area contributed by atoms with Gasteiger partial charge >= 0.3 is 6.03 Å². The molecule has 120 valence electrons. The Morgan fingerprint density at radius 3 is 3.14 bits per heavy atom. The van der Waals surface area contributed by atoms with Gasteiger partial charge in [-0.1, -0.05) is 12.1 Å². The van der Waals surface area contributed by atoms with Gasteiger partial charge in [-0.25, -0.2) is 9.18 Å². The Kier molecular flexibility index (Phi) is 4.59. The fourth-order valence-electron chi connectivity index (χ4n) is 2.88. The zero-order valence-corrected chi connectivity index (χ0v) is 12.7. The van der Waals surface area contributed by atoms with E-state index in [9.17, 15) is 9.18 Å². The van der Waals surface area contributed by atoms with Gasteiger partial charge in [0.25, 0.3) is 0 Å². The average Bonchev–Trinajstić information content (AvgIpc) is 3.24. The summed E-state index contributed by atoms with van der Waals surface area (Å²) in [5.41, 5.74) is 0.947. The number of rotatable bonds is 4. The SMILES string of the molecule is CN1CCOC(CNC(=O)NC2CC2c2cccc(F)c2)C1. The Hall–Kier alpha value is -1.66. The highest BCUT2D eigenvalue weighted by molar-refractivity contribution is 5.75. The molecular weight excluding hydrogens is 285 g/mol. The number of benzene rings is 1. The van der Waals surface area contributed by atoms with E-state index in [2.05, 4.69) is 15.5 Å². The third-order valence-corrected chi connectivity index (χ3v) is 4.22. The number of hydrogen-bond acceptors (Lipinski definition) is 3. The van der Waals surface area contributed by atoms with Crippen LogP contribution in [0.3, 0.4) is 0 Å². The largest absolute Gasteiger partial charge is 0.374 e. The highest BCUT2D eigenvalue weighted by atomic mass is 19.1. The Bertz CT molecular complexity index is 540. The number of halogens is 1. The van der Waals surface area contributed by atoms with Crippen molar-refractivity contribution in [2.45, 2.75) is 24.5 Å². The minimum Gasteiger partial charge on any atom is -0.374 e. The number of nitrogens with zero attached hydrogens (tertiary/aromatic N) is 1. The first kappa shape index (κ1) is 15.2. The normalized spacial score (nSPS) is 28.2. The number of morpholine rings is 1. The summed E-state index contributed by atoms with van der Waals surface area (Å²) in [6.07, 6.45) is 0.905. The summed E-state index contributed by atoms with van der Waals surface area (Å²) in [5, 5.41) is 5.78. The molecule has 0 bridgehead atoms. The number of carbonyl (C=O) groups is 1. The van der Waals surface area contributed by atoms with Crippen molar-refractivity contribution < 1.29 is 13.9 Å². The second kappa shape index (κ2) is 6.62. The molecule has 1 saturated heterocycles. The van der Waals surface area contributed by atoms with E-state index in [1.807, 2.05) is 13.1 Å². The smallest absolute Gasteiger partial charge is 0.315 e. The minimum atomic E-state index is -0.230. The van der Waals surface area contributed by atoms with E-state index < -0.39 is 0 Å². The van der Waals surface area contributed by atoms with Gasteiger partial charge in [0.05, 0.1) is 12.7 Å². The fraction of sp³-hybridized carbons (Fsp3) is 0.562. The van der Waals surface area contributed by atoms with Crippen LogP contribution < -0.4 is 10.6 Å². The molecule has 3 unspecified atom stereocenters. The topological polar surface area (TPSA) is 53.6 Å². The Morgan fingerprint density at radius 2 is 2.36 bits per heavy atom. The average molecular weight is 307 g/mol. The van der Waals surface area contributed by atoms with Crippen LogP contribution in [0.2, 0.25) is 0 Å². The summed E-state index contributed by atoms with van der Waals surface area (Å²) in [4.78, 5) is 14.1. The monoisotopic (exact) mass is 307 g/mol. The number of hydrogen-bond donors (Lipinski definition) is 2. The highest BCUT2D eigenvalue weighted by Gasteiger charge is 2.39. The second-order valence-corrected chi connectivity index (χ2v) is 6.11. The zero-order chi connectivity index (χ0) is 15.5. The molecule has 3 atom stereocenters. The van der Waals surface area contributed by atoms with E-state index in [-0.39, 0.29) is 29.9 Å². The van der Waals surface area contributed by atoms with Crippen LogP contribution in [0.25, 0.3) is 0 Å². The lowest BCUT2D eigenvalue weighted by molar-refractivity contribution is -0.0167. The summed E-state index contributed by atoms with van der Waals surface area (Å²) < 4.78 is 18.8. The van der Waals surface area contributed by atoms with E-state index >= 15 is 0 Å².